The molecular weight excluding hydrogens is 210 g/mol. The maximum atomic E-state index is 5.10. The third kappa shape index (κ3) is 2.99. The smallest absolute Gasteiger partial charge is 0.135 e. The van der Waals surface area contributed by atoms with E-state index in [1.54, 1.807) is 11.4 Å². The van der Waals surface area contributed by atoms with Crippen LogP contribution >= 0.6 is 24.1 Å². The number of hydrogen-bond donors (Lipinski definition) is 0. The number of ether oxygens (including phenoxy) is 1. The standard InChI is InChI=1S/C8H10ClNO2S/c1-10(13-12-9)7-3-5-8(11-2)6-4-7/h3-6H,1-2H3. The minimum Gasteiger partial charge on any atom is -0.497 e. The van der Waals surface area contributed by atoms with Crippen molar-refractivity contribution in [1.82, 2.24) is 0 Å². The lowest BCUT2D eigenvalue weighted by molar-refractivity contribution is 0.415. The van der Waals surface area contributed by atoms with Crippen LogP contribution in [0.5, 0.6) is 5.75 Å². The Morgan fingerprint density at radius 1 is 1.31 bits per heavy atom. The maximum absolute atomic E-state index is 5.10. The van der Waals surface area contributed by atoms with Gasteiger partial charge in [0.2, 0.25) is 0 Å². The minimum atomic E-state index is 0.828. The van der Waals surface area contributed by atoms with Crippen LogP contribution in [0, 0.1) is 0 Å². The molecule has 5 heteroatoms. The summed E-state index contributed by atoms with van der Waals surface area (Å²) in [5.41, 5.74) is 0.992. The average Bonchev–Trinajstić information content (AvgIpc) is 2.18. The first kappa shape index (κ1) is 10.5. The molecule has 0 fully saturated rings. The Morgan fingerprint density at radius 2 is 1.92 bits per heavy atom. The second-order valence-electron chi connectivity index (χ2n) is 2.33. The van der Waals surface area contributed by atoms with Crippen LogP contribution in [0.3, 0.4) is 0 Å². The first-order valence-electron chi connectivity index (χ1n) is 3.61. The number of nitrogens with zero attached hydrogens (tertiary/aromatic N) is 1. The van der Waals surface area contributed by atoms with Crippen molar-refractivity contribution in [2.24, 2.45) is 0 Å². The minimum absolute atomic E-state index is 0.828. The van der Waals surface area contributed by atoms with Crippen molar-refractivity contribution >= 4 is 29.8 Å². The van der Waals surface area contributed by atoms with Gasteiger partial charge in [0.25, 0.3) is 0 Å². The monoisotopic (exact) mass is 219 g/mol. The van der Waals surface area contributed by atoms with Crippen molar-refractivity contribution < 1.29 is 8.47 Å². The van der Waals surface area contributed by atoms with Gasteiger partial charge in [0.05, 0.1) is 19.0 Å². The zero-order valence-corrected chi connectivity index (χ0v) is 8.93. The lowest BCUT2D eigenvalue weighted by atomic mass is 10.3. The van der Waals surface area contributed by atoms with E-state index in [-0.39, 0.29) is 0 Å². The quantitative estimate of drug-likeness (QED) is 0.574. The molecule has 3 nitrogen and oxygen atoms in total. The number of halogens is 1. The van der Waals surface area contributed by atoms with Crippen molar-refractivity contribution in [3.8, 4) is 5.75 Å². The number of hydrogen-bond acceptors (Lipinski definition) is 4. The normalized spacial score (nSPS) is 9.77. The summed E-state index contributed by atoms with van der Waals surface area (Å²) in [5, 5.41) is 0. The van der Waals surface area contributed by atoms with E-state index in [9.17, 15) is 0 Å². The van der Waals surface area contributed by atoms with E-state index < -0.39 is 0 Å². The molecule has 0 bridgehead atoms. The van der Waals surface area contributed by atoms with Gasteiger partial charge in [-0.3, -0.25) is 4.31 Å². The molecule has 0 aromatic heterocycles. The van der Waals surface area contributed by atoms with Gasteiger partial charge < -0.3 is 4.74 Å². The highest BCUT2D eigenvalue weighted by Gasteiger charge is 2.01. The fraction of sp³-hybridized carbons (Fsp3) is 0.250. The molecule has 0 aliphatic rings. The first-order chi connectivity index (χ1) is 6.27. The van der Waals surface area contributed by atoms with E-state index >= 15 is 0 Å². The molecule has 0 aliphatic carbocycles. The van der Waals surface area contributed by atoms with Gasteiger partial charge >= 0.3 is 0 Å². The van der Waals surface area contributed by atoms with Crippen LogP contribution in [0.2, 0.25) is 0 Å². The van der Waals surface area contributed by atoms with Gasteiger partial charge in [0, 0.05) is 12.7 Å². The third-order valence-electron chi connectivity index (χ3n) is 1.58. The van der Waals surface area contributed by atoms with Crippen LogP contribution in [0.1, 0.15) is 0 Å². The Morgan fingerprint density at radius 3 is 2.38 bits per heavy atom. The van der Waals surface area contributed by atoms with Crippen molar-refractivity contribution in [2.75, 3.05) is 18.5 Å². The first-order valence-corrected chi connectivity index (χ1v) is 4.62. The summed E-state index contributed by atoms with van der Waals surface area (Å²) in [5.74, 6) is 0.828. The molecule has 13 heavy (non-hydrogen) atoms. The third-order valence-corrected chi connectivity index (χ3v) is 2.24. The molecule has 0 radical (unpaired) electrons. The van der Waals surface area contributed by atoms with Crippen molar-refractivity contribution in [3.63, 3.8) is 0 Å². The van der Waals surface area contributed by atoms with Gasteiger partial charge in [-0.1, -0.05) is 0 Å². The van der Waals surface area contributed by atoms with Gasteiger partial charge in [-0.2, -0.15) is 3.74 Å². The molecule has 1 rings (SSSR count). The average molecular weight is 220 g/mol. The summed E-state index contributed by atoms with van der Waals surface area (Å²) in [6.45, 7) is 0. The summed E-state index contributed by atoms with van der Waals surface area (Å²) in [4.78, 5) is 0. The molecule has 72 valence electrons. The van der Waals surface area contributed by atoms with E-state index in [1.807, 2.05) is 31.3 Å². The molecule has 1 aromatic carbocycles. The van der Waals surface area contributed by atoms with Crippen molar-refractivity contribution in [1.29, 1.82) is 0 Å². The molecular formula is C8H10ClNO2S. The second kappa shape index (κ2) is 5.21. The zero-order valence-electron chi connectivity index (χ0n) is 7.36. The Hall–Kier alpha value is -0.580. The Bertz CT molecular complexity index is 255. The summed E-state index contributed by atoms with van der Waals surface area (Å²) in [6, 6.07) is 7.59. The van der Waals surface area contributed by atoms with E-state index in [1.165, 1.54) is 0 Å². The Kier molecular flexibility index (Phi) is 4.21. The highest BCUT2D eigenvalue weighted by molar-refractivity contribution is 7.96. The number of methoxy groups -OCH3 is 1. The number of anilines is 1. The molecule has 0 saturated heterocycles. The van der Waals surface area contributed by atoms with Crippen molar-refractivity contribution in [3.05, 3.63) is 24.3 Å². The lowest BCUT2D eigenvalue weighted by Gasteiger charge is -2.14. The zero-order chi connectivity index (χ0) is 9.68. The highest BCUT2D eigenvalue weighted by Crippen LogP contribution is 2.24. The van der Waals surface area contributed by atoms with Crippen LogP contribution in [0.15, 0.2) is 24.3 Å². The molecule has 0 heterocycles. The topological polar surface area (TPSA) is 21.7 Å². The van der Waals surface area contributed by atoms with Crippen LogP contribution in [-0.4, -0.2) is 14.2 Å². The van der Waals surface area contributed by atoms with Gasteiger partial charge in [-0.15, -0.1) is 0 Å². The number of benzene rings is 1. The Labute approximate surface area is 87.1 Å². The molecule has 0 atom stereocenters. The summed E-state index contributed by atoms with van der Waals surface area (Å²) in [6.07, 6.45) is 0. The largest absolute Gasteiger partial charge is 0.497 e. The molecule has 0 aliphatic heterocycles. The highest BCUT2D eigenvalue weighted by atomic mass is 35.5. The molecule has 1 aromatic rings. The molecule has 0 unspecified atom stereocenters. The molecule has 0 amide bonds. The maximum Gasteiger partial charge on any atom is 0.135 e. The van der Waals surface area contributed by atoms with Crippen molar-refractivity contribution in [2.45, 2.75) is 0 Å². The van der Waals surface area contributed by atoms with Gasteiger partial charge in [-0.05, 0) is 24.3 Å². The van der Waals surface area contributed by atoms with E-state index in [0.29, 0.717) is 0 Å². The van der Waals surface area contributed by atoms with Crippen LogP contribution in [0.4, 0.5) is 5.69 Å². The fourth-order valence-corrected chi connectivity index (χ4v) is 1.42. The second-order valence-corrected chi connectivity index (χ2v) is 3.53. The SMILES string of the molecule is COc1ccc(N(C)SOCl)cc1. The number of rotatable bonds is 4. The predicted octanol–water partition coefficient (Wildman–Crippen LogP) is 2.87. The van der Waals surface area contributed by atoms with Gasteiger partial charge in [0.15, 0.2) is 0 Å². The Balaban J connectivity index is 2.67. The van der Waals surface area contributed by atoms with E-state index in [2.05, 4.69) is 3.74 Å². The van der Waals surface area contributed by atoms with Gasteiger partial charge in [-0.25, -0.2) is 0 Å². The lowest BCUT2D eigenvalue weighted by Crippen LogP contribution is -2.05. The van der Waals surface area contributed by atoms with E-state index in [0.717, 1.165) is 23.7 Å². The van der Waals surface area contributed by atoms with Gasteiger partial charge in [0.1, 0.15) is 18.0 Å². The fourth-order valence-electron chi connectivity index (χ4n) is 0.877. The summed E-state index contributed by atoms with van der Waals surface area (Å²) in [7, 11) is 3.49. The molecule has 0 N–H and O–H groups in total. The summed E-state index contributed by atoms with van der Waals surface area (Å²) >= 11 is 6.16. The van der Waals surface area contributed by atoms with E-state index in [4.69, 9.17) is 16.6 Å². The summed E-state index contributed by atoms with van der Waals surface area (Å²) < 4.78 is 11.2. The molecule has 0 saturated carbocycles. The van der Waals surface area contributed by atoms with Crippen LogP contribution in [-0.2, 0) is 3.74 Å². The molecule has 0 spiro atoms. The van der Waals surface area contributed by atoms with Crippen LogP contribution in [0.25, 0.3) is 0 Å². The predicted molar refractivity (Wildman–Crippen MR) is 55.9 cm³/mol. The van der Waals surface area contributed by atoms with Crippen LogP contribution < -0.4 is 9.04 Å².